The van der Waals surface area contributed by atoms with Crippen LogP contribution in [0.2, 0.25) is 5.02 Å². The molecule has 0 spiro atoms. The number of pyridine rings is 1. The predicted molar refractivity (Wildman–Crippen MR) is 88.8 cm³/mol. The van der Waals surface area contributed by atoms with Gasteiger partial charge in [0.15, 0.2) is 0 Å². The zero-order chi connectivity index (χ0) is 15.2. The van der Waals surface area contributed by atoms with Gasteiger partial charge >= 0.3 is 0 Å². The van der Waals surface area contributed by atoms with Gasteiger partial charge < -0.3 is 11.1 Å². The number of carbonyl (C=O) groups excluding carboxylic acids is 1. The van der Waals surface area contributed by atoms with Crippen molar-refractivity contribution in [2.24, 2.45) is 0 Å². The van der Waals surface area contributed by atoms with Gasteiger partial charge in [-0.25, -0.2) is 4.98 Å². The molecule has 1 heterocycles. The van der Waals surface area contributed by atoms with Crippen molar-refractivity contribution in [2.45, 2.75) is 18.4 Å². The fourth-order valence-corrected chi connectivity index (χ4v) is 2.58. The molecule has 0 aliphatic carbocycles. The van der Waals surface area contributed by atoms with E-state index in [0.29, 0.717) is 22.9 Å². The molecule has 0 aliphatic heterocycles. The van der Waals surface area contributed by atoms with Crippen LogP contribution >= 0.6 is 23.4 Å². The fraction of sp³-hybridized carbons (Fsp3) is 0.200. The number of nitrogens with one attached hydrogen (secondary N) is 1. The van der Waals surface area contributed by atoms with Gasteiger partial charge in [-0.1, -0.05) is 17.7 Å². The zero-order valence-electron chi connectivity index (χ0n) is 11.6. The van der Waals surface area contributed by atoms with Crippen LogP contribution in [0, 0.1) is 6.92 Å². The Morgan fingerprint density at radius 3 is 2.90 bits per heavy atom. The van der Waals surface area contributed by atoms with Gasteiger partial charge in [0.05, 0.1) is 10.0 Å². The third-order valence-corrected chi connectivity index (χ3v) is 3.98. The van der Waals surface area contributed by atoms with E-state index in [0.717, 1.165) is 16.3 Å². The summed E-state index contributed by atoms with van der Waals surface area (Å²) in [5.74, 6) is 0.618. The number of nitrogens with zero attached hydrogens (tertiary/aromatic N) is 1. The molecule has 0 radical (unpaired) electrons. The minimum atomic E-state index is -0.0369. The summed E-state index contributed by atoms with van der Waals surface area (Å²) in [6.07, 6.45) is 2.00. The van der Waals surface area contributed by atoms with Gasteiger partial charge in [-0.3, -0.25) is 4.79 Å². The van der Waals surface area contributed by atoms with Crippen LogP contribution in [-0.2, 0) is 4.79 Å². The van der Waals surface area contributed by atoms with E-state index in [1.54, 1.807) is 18.3 Å². The van der Waals surface area contributed by atoms with E-state index in [1.165, 1.54) is 11.8 Å². The van der Waals surface area contributed by atoms with Crippen molar-refractivity contribution in [1.82, 2.24) is 4.98 Å². The van der Waals surface area contributed by atoms with E-state index in [-0.39, 0.29) is 5.91 Å². The van der Waals surface area contributed by atoms with E-state index in [1.807, 2.05) is 25.1 Å². The van der Waals surface area contributed by atoms with Gasteiger partial charge in [-0.2, -0.15) is 0 Å². The summed E-state index contributed by atoms with van der Waals surface area (Å²) in [5.41, 5.74) is 8.10. The molecule has 0 atom stereocenters. The van der Waals surface area contributed by atoms with Gasteiger partial charge in [0.1, 0.15) is 0 Å². The Balaban J connectivity index is 1.82. The molecule has 0 unspecified atom stereocenters. The van der Waals surface area contributed by atoms with Crippen LogP contribution in [0.25, 0.3) is 0 Å². The first kappa shape index (κ1) is 15.7. The van der Waals surface area contributed by atoms with Crippen LogP contribution in [0.1, 0.15) is 12.0 Å². The quantitative estimate of drug-likeness (QED) is 0.650. The number of anilines is 2. The summed E-state index contributed by atoms with van der Waals surface area (Å²) >= 11 is 7.29. The lowest BCUT2D eigenvalue weighted by Gasteiger charge is -2.09. The average molecular weight is 322 g/mol. The molecule has 6 heteroatoms. The Labute approximate surface area is 133 Å². The number of nitrogens with two attached hydrogens (primary N) is 1. The van der Waals surface area contributed by atoms with Crippen LogP contribution in [0.3, 0.4) is 0 Å². The minimum Gasteiger partial charge on any atom is -0.399 e. The van der Waals surface area contributed by atoms with Gasteiger partial charge in [0, 0.05) is 29.7 Å². The molecule has 4 nitrogen and oxygen atoms in total. The maximum atomic E-state index is 11.9. The lowest BCUT2D eigenvalue weighted by Crippen LogP contribution is -2.13. The number of hydrogen-bond donors (Lipinski definition) is 2. The van der Waals surface area contributed by atoms with E-state index < -0.39 is 0 Å². The Bertz CT molecular complexity index is 631. The highest BCUT2D eigenvalue weighted by Gasteiger charge is 2.06. The smallest absolute Gasteiger partial charge is 0.225 e. The van der Waals surface area contributed by atoms with Crippen molar-refractivity contribution >= 4 is 40.6 Å². The van der Waals surface area contributed by atoms with Crippen molar-refractivity contribution in [3.8, 4) is 0 Å². The SMILES string of the molecule is Cc1ccc(N)cc1NC(=O)CCSc1ccc(Cl)cn1. The molecule has 2 rings (SSSR count). The van der Waals surface area contributed by atoms with Gasteiger partial charge in [0.2, 0.25) is 5.91 Å². The third-order valence-electron chi connectivity index (χ3n) is 2.82. The molecular weight excluding hydrogens is 306 g/mol. The maximum Gasteiger partial charge on any atom is 0.225 e. The molecule has 1 aromatic heterocycles. The normalized spacial score (nSPS) is 10.4. The average Bonchev–Trinajstić information content (AvgIpc) is 2.45. The maximum absolute atomic E-state index is 11.9. The number of carbonyl (C=O) groups is 1. The molecule has 2 aromatic rings. The predicted octanol–water partition coefficient (Wildman–Crippen LogP) is 3.75. The first-order chi connectivity index (χ1) is 10.0. The summed E-state index contributed by atoms with van der Waals surface area (Å²) in [7, 11) is 0. The Morgan fingerprint density at radius 1 is 1.38 bits per heavy atom. The first-order valence-electron chi connectivity index (χ1n) is 6.45. The van der Waals surface area contributed by atoms with Crippen LogP contribution in [0.5, 0.6) is 0 Å². The second-order valence-electron chi connectivity index (χ2n) is 4.54. The lowest BCUT2D eigenvalue weighted by molar-refractivity contribution is -0.115. The van der Waals surface area contributed by atoms with E-state index in [4.69, 9.17) is 17.3 Å². The molecular formula is C15H16ClN3OS. The molecule has 0 fully saturated rings. The molecule has 1 amide bonds. The summed E-state index contributed by atoms with van der Waals surface area (Å²) in [6.45, 7) is 1.93. The molecule has 110 valence electrons. The number of hydrogen-bond acceptors (Lipinski definition) is 4. The molecule has 0 bridgehead atoms. The van der Waals surface area contributed by atoms with Gasteiger partial charge in [0.25, 0.3) is 0 Å². The molecule has 0 aliphatic rings. The van der Waals surface area contributed by atoms with E-state index in [9.17, 15) is 4.79 Å². The van der Waals surface area contributed by atoms with Crippen LogP contribution < -0.4 is 11.1 Å². The summed E-state index contributed by atoms with van der Waals surface area (Å²) in [4.78, 5) is 16.1. The topological polar surface area (TPSA) is 68.0 Å². The van der Waals surface area contributed by atoms with Crippen molar-refractivity contribution < 1.29 is 4.79 Å². The molecule has 0 saturated heterocycles. The van der Waals surface area contributed by atoms with Crippen LogP contribution in [-0.4, -0.2) is 16.6 Å². The number of benzene rings is 1. The van der Waals surface area contributed by atoms with Crippen LogP contribution in [0.4, 0.5) is 11.4 Å². The highest BCUT2D eigenvalue weighted by Crippen LogP contribution is 2.20. The molecule has 0 saturated carbocycles. The standard InChI is InChI=1S/C15H16ClN3OS/c1-10-2-4-12(17)8-13(10)19-14(20)6-7-21-15-5-3-11(16)9-18-15/h2-5,8-9H,6-7,17H2,1H3,(H,19,20). The number of amides is 1. The molecule has 3 N–H and O–H groups in total. The van der Waals surface area contributed by atoms with Crippen molar-refractivity contribution in [3.05, 3.63) is 47.1 Å². The Hall–Kier alpha value is -1.72. The number of rotatable bonds is 5. The summed E-state index contributed by atoms with van der Waals surface area (Å²) in [5, 5.41) is 4.33. The number of halogens is 1. The number of aryl methyl sites for hydroxylation is 1. The van der Waals surface area contributed by atoms with Gasteiger partial charge in [-0.15, -0.1) is 11.8 Å². The molecule has 21 heavy (non-hydrogen) atoms. The zero-order valence-corrected chi connectivity index (χ0v) is 13.2. The molecule has 1 aromatic carbocycles. The second kappa shape index (κ2) is 7.33. The number of thioether (sulfide) groups is 1. The lowest BCUT2D eigenvalue weighted by atomic mass is 10.2. The van der Waals surface area contributed by atoms with Gasteiger partial charge in [-0.05, 0) is 36.8 Å². The van der Waals surface area contributed by atoms with Crippen molar-refractivity contribution in [1.29, 1.82) is 0 Å². The summed E-state index contributed by atoms with van der Waals surface area (Å²) < 4.78 is 0. The van der Waals surface area contributed by atoms with Crippen molar-refractivity contribution in [3.63, 3.8) is 0 Å². The van der Waals surface area contributed by atoms with Crippen LogP contribution in [0.15, 0.2) is 41.6 Å². The van der Waals surface area contributed by atoms with Crippen molar-refractivity contribution in [2.75, 3.05) is 16.8 Å². The highest BCUT2D eigenvalue weighted by molar-refractivity contribution is 7.99. The number of nitrogen functional groups attached to an aromatic ring is 1. The Kier molecular flexibility index (Phi) is 5.47. The Morgan fingerprint density at radius 2 is 2.19 bits per heavy atom. The minimum absolute atomic E-state index is 0.0369. The second-order valence-corrected chi connectivity index (χ2v) is 6.09. The highest BCUT2D eigenvalue weighted by atomic mass is 35.5. The summed E-state index contributed by atoms with van der Waals surface area (Å²) in [6, 6.07) is 9.09. The first-order valence-corrected chi connectivity index (χ1v) is 7.81. The third kappa shape index (κ3) is 4.95. The van der Waals surface area contributed by atoms with E-state index >= 15 is 0 Å². The fourth-order valence-electron chi connectivity index (χ4n) is 1.68. The number of aromatic nitrogens is 1. The van der Waals surface area contributed by atoms with E-state index in [2.05, 4.69) is 10.3 Å². The monoisotopic (exact) mass is 321 g/mol. The largest absolute Gasteiger partial charge is 0.399 e.